The van der Waals surface area contributed by atoms with E-state index in [1.54, 1.807) is 12.1 Å². The second kappa shape index (κ2) is 9.77. The number of rotatable bonds is 4. The molecule has 1 heterocycles. The van der Waals surface area contributed by atoms with Gasteiger partial charge < -0.3 is 30.3 Å². The number of hydrogen-bond donors (Lipinski definition) is 4. The van der Waals surface area contributed by atoms with Crippen LogP contribution in [-0.4, -0.2) is 51.4 Å². The molecule has 0 spiro atoms. The summed E-state index contributed by atoms with van der Waals surface area (Å²) in [5, 5.41) is 52.1. The molecule has 0 bridgehead atoms. The third kappa shape index (κ3) is 4.56. The van der Waals surface area contributed by atoms with E-state index in [-0.39, 0.29) is 40.9 Å². The van der Waals surface area contributed by atoms with Crippen molar-refractivity contribution in [3.8, 4) is 16.9 Å². The third-order valence-electron chi connectivity index (χ3n) is 5.47. The quantitative estimate of drug-likeness (QED) is 0.364. The van der Waals surface area contributed by atoms with Crippen LogP contribution in [0.15, 0.2) is 60.7 Å². The van der Waals surface area contributed by atoms with Crippen LogP contribution in [0.3, 0.4) is 0 Å². The van der Waals surface area contributed by atoms with E-state index < -0.39 is 37.1 Å². The van der Waals surface area contributed by atoms with E-state index in [2.05, 4.69) is 12.1 Å². The zero-order valence-electron chi connectivity index (χ0n) is 16.7. The van der Waals surface area contributed by atoms with Crippen molar-refractivity contribution < 1.29 is 59.8 Å². The van der Waals surface area contributed by atoms with Crippen LogP contribution in [0.5, 0.6) is 5.75 Å². The first-order chi connectivity index (χ1) is 14.0. The molecule has 0 unspecified atom stereocenters. The Kier molecular flexibility index (Phi) is 7.55. The van der Waals surface area contributed by atoms with Crippen LogP contribution >= 0.6 is 0 Å². The molecular weight excluding hydrogens is 395 g/mol. The van der Waals surface area contributed by atoms with Crippen LogP contribution in [0.4, 0.5) is 0 Å². The van der Waals surface area contributed by atoms with Gasteiger partial charge in [0.2, 0.25) is 0 Å². The second-order valence-corrected chi connectivity index (χ2v) is 7.48. The summed E-state index contributed by atoms with van der Waals surface area (Å²) in [5.41, 5.74) is 4.39. The third-order valence-corrected chi connectivity index (χ3v) is 5.47. The van der Waals surface area contributed by atoms with Crippen LogP contribution in [0.25, 0.3) is 11.1 Å². The zero-order chi connectivity index (χ0) is 20.5. The Balaban J connectivity index is 0.00000256. The molecule has 2 aliphatic carbocycles. The van der Waals surface area contributed by atoms with Crippen molar-refractivity contribution >= 4 is 0 Å². The molecule has 7 heteroatoms. The van der Waals surface area contributed by atoms with E-state index >= 15 is 0 Å². The predicted octanol–water partition coefficient (Wildman–Crippen LogP) is -2.03. The van der Waals surface area contributed by atoms with Crippen molar-refractivity contribution in [1.82, 2.24) is 0 Å². The van der Waals surface area contributed by atoms with Gasteiger partial charge in [-0.2, -0.15) is 0 Å². The van der Waals surface area contributed by atoms with Gasteiger partial charge in [-0.3, -0.25) is 0 Å². The first kappa shape index (κ1) is 23.2. The molecule has 0 aromatic heterocycles. The van der Waals surface area contributed by atoms with Gasteiger partial charge in [0, 0.05) is 0 Å². The number of fused-ring (bicyclic) bond motifs is 1. The maximum atomic E-state index is 12.4. The SMILES string of the molecule is [Na+].[O-]c1ccc(Cc2cc3cccccc-3c2)cc1[C@@H]1O[C@H](CO)[C@@H](O)[C@H](O)[C@H]1O. The Morgan fingerprint density at radius 1 is 0.800 bits per heavy atom. The summed E-state index contributed by atoms with van der Waals surface area (Å²) in [5.74, 6) is -0.335. The molecule has 6 nitrogen and oxygen atoms in total. The minimum Gasteiger partial charge on any atom is -0.872 e. The van der Waals surface area contributed by atoms with Gasteiger partial charge in [-0.05, 0) is 34.2 Å². The van der Waals surface area contributed by atoms with E-state index in [1.807, 2.05) is 30.3 Å². The van der Waals surface area contributed by atoms with E-state index in [9.17, 15) is 25.5 Å². The van der Waals surface area contributed by atoms with Gasteiger partial charge in [0.15, 0.2) is 0 Å². The van der Waals surface area contributed by atoms with E-state index in [0.29, 0.717) is 6.42 Å². The number of ether oxygens (including phenoxy) is 1. The van der Waals surface area contributed by atoms with Gasteiger partial charge in [0.25, 0.3) is 0 Å². The van der Waals surface area contributed by atoms with Crippen LogP contribution in [0.1, 0.15) is 22.8 Å². The second-order valence-electron chi connectivity index (χ2n) is 7.48. The van der Waals surface area contributed by atoms with Gasteiger partial charge in [0.05, 0.1) is 6.61 Å². The number of aliphatic hydroxyl groups is 4. The molecule has 30 heavy (non-hydrogen) atoms. The molecule has 152 valence electrons. The summed E-state index contributed by atoms with van der Waals surface area (Å²) >= 11 is 0. The molecule has 1 saturated heterocycles. The summed E-state index contributed by atoms with van der Waals surface area (Å²) < 4.78 is 5.55. The monoisotopic (exact) mass is 418 g/mol. The van der Waals surface area contributed by atoms with Crippen LogP contribution in [0.2, 0.25) is 0 Å². The first-order valence-electron chi connectivity index (χ1n) is 9.56. The summed E-state index contributed by atoms with van der Waals surface area (Å²) in [6.45, 7) is -0.535. The Labute approximate surface area is 197 Å². The van der Waals surface area contributed by atoms with Crippen molar-refractivity contribution in [1.29, 1.82) is 0 Å². The topological polar surface area (TPSA) is 113 Å². The van der Waals surface area contributed by atoms with Crippen molar-refractivity contribution in [3.63, 3.8) is 0 Å². The fraction of sp³-hybridized carbons (Fsp3) is 0.304. The molecule has 5 atom stereocenters. The van der Waals surface area contributed by atoms with Gasteiger partial charge in [-0.1, -0.05) is 60.7 Å². The van der Waals surface area contributed by atoms with Gasteiger partial charge >= 0.3 is 29.6 Å². The Morgan fingerprint density at radius 3 is 2.10 bits per heavy atom. The van der Waals surface area contributed by atoms with Gasteiger partial charge in [0.1, 0.15) is 30.5 Å². The van der Waals surface area contributed by atoms with Crippen molar-refractivity contribution in [2.45, 2.75) is 36.9 Å². The Morgan fingerprint density at radius 2 is 1.47 bits per heavy atom. The normalized spacial score (nSPS) is 26.3. The van der Waals surface area contributed by atoms with E-state index in [4.69, 9.17) is 4.74 Å². The molecule has 1 aromatic carbocycles. The number of aliphatic hydroxyl groups excluding tert-OH is 4. The van der Waals surface area contributed by atoms with Crippen LogP contribution in [0, 0.1) is 0 Å². The maximum Gasteiger partial charge on any atom is 1.00 e. The maximum absolute atomic E-state index is 12.4. The minimum atomic E-state index is -1.52. The predicted molar refractivity (Wildman–Crippen MR) is 104 cm³/mol. The molecule has 0 radical (unpaired) electrons. The van der Waals surface area contributed by atoms with Gasteiger partial charge in [-0.25, -0.2) is 0 Å². The van der Waals surface area contributed by atoms with E-state index in [0.717, 1.165) is 22.3 Å². The molecule has 4 rings (SSSR count). The summed E-state index contributed by atoms with van der Waals surface area (Å²) in [6.07, 6.45) is -6.04. The summed E-state index contributed by atoms with van der Waals surface area (Å²) in [4.78, 5) is 0. The molecular formula is C23H23NaO6. The molecule has 1 aromatic rings. The molecule has 1 aliphatic heterocycles. The average molecular weight is 418 g/mol. The van der Waals surface area contributed by atoms with Crippen molar-refractivity contribution in [3.05, 3.63) is 77.4 Å². The van der Waals surface area contributed by atoms with Crippen molar-refractivity contribution in [2.75, 3.05) is 6.61 Å². The number of benzene rings is 1. The molecule has 4 N–H and O–H groups in total. The molecule has 1 fully saturated rings. The van der Waals surface area contributed by atoms with E-state index in [1.165, 1.54) is 6.07 Å². The largest absolute Gasteiger partial charge is 1.00 e. The minimum absolute atomic E-state index is 0. The molecule has 3 aliphatic rings. The van der Waals surface area contributed by atoms with Crippen LogP contribution < -0.4 is 34.7 Å². The van der Waals surface area contributed by atoms with Crippen LogP contribution in [-0.2, 0) is 11.2 Å². The number of hydrogen-bond acceptors (Lipinski definition) is 6. The molecule has 0 saturated carbocycles. The first-order valence-corrected chi connectivity index (χ1v) is 9.56. The smallest absolute Gasteiger partial charge is 0.872 e. The average Bonchev–Trinajstić information content (AvgIpc) is 2.96. The fourth-order valence-corrected chi connectivity index (χ4v) is 3.91. The standard InChI is InChI=1S/C23H24O6.Na/c24-12-19-20(26)21(27)22(28)23(29-19)17-11-13(6-7-18(17)25)8-14-9-15-4-2-1-3-5-16(15)10-14;/h1-7,9-11,19-28H,8,12H2;/q;+1/p-1/t19-,20-,21+,22-,23+;/m1./s1. The summed E-state index contributed by atoms with van der Waals surface area (Å²) in [6, 6.07) is 19.0. The fourth-order valence-electron chi connectivity index (χ4n) is 3.91. The zero-order valence-corrected chi connectivity index (χ0v) is 18.7. The summed E-state index contributed by atoms with van der Waals surface area (Å²) in [7, 11) is 0. The Hall–Kier alpha value is -1.48. The van der Waals surface area contributed by atoms with Gasteiger partial charge in [-0.15, -0.1) is 5.75 Å². The Bertz CT molecular complexity index is 931. The van der Waals surface area contributed by atoms with Crippen molar-refractivity contribution in [2.24, 2.45) is 0 Å². The molecule has 0 amide bonds.